The summed E-state index contributed by atoms with van der Waals surface area (Å²) in [5.74, 6) is 0.483. The molecule has 7 nitrogen and oxygen atoms in total. The molecule has 0 spiro atoms. The van der Waals surface area contributed by atoms with Crippen LogP contribution in [0, 0.1) is 11.8 Å². The Kier molecular flexibility index (Phi) is 3.35. The van der Waals surface area contributed by atoms with Gasteiger partial charge in [0, 0.05) is 26.3 Å². The van der Waals surface area contributed by atoms with E-state index in [0.717, 1.165) is 5.65 Å². The van der Waals surface area contributed by atoms with Crippen LogP contribution in [0.1, 0.15) is 23.2 Å². The molecule has 1 amide bonds. The van der Waals surface area contributed by atoms with Crippen molar-refractivity contribution in [2.24, 2.45) is 18.9 Å². The van der Waals surface area contributed by atoms with Crippen molar-refractivity contribution in [1.29, 1.82) is 0 Å². The summed E-state index contributed by atoms with van der Waals surface area (Å²) >= 11 is 0. The van der Waals surface area contributed by atoms with Crippen LogP contribution in [0.25, 0.3) is 11.2 Å². The van der Waals surface area contributed by atoms with Crippen LogP contribution in [-0.2, 0) is 7.05 Å². The minimum absolute atomic E-state index is 0.0524. The molecule has 2 aromatic heterocycles. The highest BCUT2D eigenvalue weighted by Gasteiger charge is 2.42. The van der Waals surface area contributed by atoms with E-state index >= 15 is 0 Å². The normalized spacial score (nSPS) is 30.7. The van der Waals surface area contributed by atoms with Gasteiger partial charge in [-0.3, -0.25) is 4.79 Å². The zero-order valence-electron chi connectivity index (χ0n) is 13.0. The summed E-state index contributed by atoms with van der Waals surface area (Å²) in [5, 5.41) is 19.6. The maximum atomic E-state index is 12.7. The van der Waals surface area contributed by atoms with Crippen molar-refractivity contribution in [2.75, 3.05) is 13.1 Å². The first-order chi connectivity index (χ1) is 11.0. The van der Waals surface area contributed by atoms with Gasteiger partial charge in [0.15, 0.2) is 5.65 Å². The van der Waals surface area contributed by atoms with Crippen LogP contribution < -0.4 is 0 Å². The highest BCUT2D eigenvalue weighted by Crippen LogP contribution is 2.37. The van der Waals surface area contributed by atoms with Gasteiger partial charge in [0.2, 0.25) is 0 Å². The summed E-state index contributed by atoms with van der Waals surface area (Å²) in [7, 11) is 1.87. The van der Waals surface area contributed by atoms with Gasteiger partial charge < -0.3 is 19.7 Å². The highest BCUT2D eigenvalue weighted by molar-refractivity contribution is 5.96. The van der Waals surface area contributed by atoms with E-state index in [-0.39, 0.29) is 17.7 Å². The Morgan fingerprint density at radius 2 is 1.83 bits per heavy atom. The molecule has 1 saturated heterocycles. The van der Waals surface area contributed by atoms with E-state index in [2.05, 4.69) is 9.97 Å². The standard InChI is InChI=1S/C16H20N4O3/c1-19-8-18-12-2-9(5-17-15(12)19)16(23)20-6-10-3-13(21)14(22)4-11(10)7-20/h2,5,8,10-11,13-14,21-22H,3-4,6-7H2,1H3/t10-,11+,13-,14-/m0/s1. The van der Waals surface area contributed by atoms with Crippen LogP contribution in [-0.4, -0.2) is 60.9 Å². The molecule has 2 aromatic rings. The number of aryl methyl sites for hydroxylation is 1. The number of amides is 1. The van der Waals surface area contributed by atoms with E-state index in [1.54, 1.807) is 18.6 Å². The number of aliphatic hydroxyl groups excluding tert-OH is 2. The summed E-state index contributed by atoms with van der Waals surface area (Å²) in [4.78, 5) is 23.1. The second-order valence-corrected chi connectivity index (χ2v) is 6.76. The van der Waals surface area contributed by atoms with Crippen molar-refractivity contribution in [2.45, 2.75) is 25.0 Å². The van der Waals surface area contributed by atoms with Gasteiger partial charge >= 0.3 is 0 Å². The third-order valence-corrected chi connectivity index (χ3v) is 5.19. The van der Waals surface area contributed by atoms with Gasteiger partial charge in [0.25, 0.3) is 5.91 Å². The second-order valence-electron chi connectivity index (χ2n) is 6.76. The molecule has 0 bridgehead atoms. The lowest BCUT2D eigenvalue weighted by molar-refractivity contribution is -0.0372. The number of imidazole rings is 1. The Balaban J connectivity index is 1.54. The molecule has 1 saturated carbocycles. The van der Waals surface area contributed by atoms with Crippen molar-refractivity contribution in [1.82, 2.24) is 19.4 Å². The lowest BCUT2D eigenvalue weighted by Gasteiger charge is -2.31. The first-order valence-corrected chi connectivity index (χ1v) is 7.95. The number of aliphatic hydroxyl groups is 2. The van der Waals surface area contributed by atoms with E-state index in [1.165, 1.54) is 0 Å². The van der Waals surface area contributed by atoms with Gasteiger partial charge in [0.1, 0.15) is 5.52 Å². The smallest absolute Gasteiger partial charge is 0.255 e. The quantitative estimate of drug-likeness (QED) is 0.783. The van der Waals surface area contributed by atoms with E-state index in [4.69, 9.17) is 0 Å². The summed E-state index contributed by atoms with van der Waals surface area (Å²) in [5.41, 5.74) is 2.00. The van der Waals surface area contributed by atoms with Crippen molar-refractivity contribution < 1.29 is 15.0 Å². The molecular weight excluding hydrogens is 296 g/mol. The molecule has 4 rings (SSSR count). The predicted octanol–water partition coefficient (Wildman–Crippen LogP) is 0.172. The molecule has 23 heavy (non-hydrogen) atoms. The predicted molar refractivity (Wildman–Crippen MR) is 82.6 cm³/mol. The molecular formula is C16H20N4O3. The van der Waals surface area contributed by atoms with E-state index in [1.807, 2.05) is 16.5 Å². The molecule has 0 radical (unpaired) electrons. The number of carbonyl (C=O) groups is 1. The van der Waals surface area contributed by atoms with Crippen molar-refractivity contribution in [3.63, 3.8) is 0 Å². The molecule has 2 N–H and O–H groups in total. The number of hydrogen-bond acceptors (Lipinski definition) is 5. The fraction of sp³-hybridized carbons (Fsp3) is 0.562. The summed E-state index contributed by atoms with van der Waals surface area (Å²) in [6.45, 7) is 1.26. The van der Waals surface area contributed by atoms with E-state index < -0.39 is 12.2 Å². The molecule has 7 heteroatoms. The molecule has 0 aromatic carbocycles. The molecule has 2 aliphatic rings. The minimum Gasteiger partial charge on any atom is -0.390 e. The van der Waals surface area contributed by atoms with Crippen LogP contribution in [0.4, 0.5) is 0 Å². The number of hydrogen-bond donors (Lipinski definition) is 2. The van der Waals surface area contributed by atoms with Crippen LogP contribution in [0.15, 0.2) is 18.6 Å². The average Bonchev–Trinajstić information content (AvgIpc) is 3.11. The Morgan fingerprint density at radius 3 is 2.48 bits per heavy atom. The zero-order valence-corrected chi connectivity index (χ0v) is 13.0. The van der Waals surface area contributed by atoms with Gasteiger partial charge in [-0.05, 0) is 30.7 Å². The number of rotatable bonds is 1. The van der Waals surface area contributed by atoms with Crippen LogP contribution in [0.2, 0.25) is 0 Å². The fourth-order valence-corrected chi connectivity index (χ4v) is 3.89. The third kappa shape index (κ3) is 2.40. The van der Waals surface area contributed by atoms with E-state index in [9.17, 15) is 15.0 Å². The summed E-state index contributed by atoms with van der Waals surface area (Å²) < 4.78 is 1.82. The number of carbonyl (C=O) groups excluding carboxylic acids is 1. The molecule has 0 unspecified atom stereocenters. The fourth-order valence-electron chi connectivity index (χ4n) is 3.89. The Morgan fingerprint density at radius 1 is 1.17 bits per heavy atom. The maximum Gasteiger partial charge on any atom is 0.255 e. The average molecular weight is 316 g/mol. The number of pyridine rings is 1. The van der Waals surface area contributed by atoms with Crippen LogP contribution in [0.5, 0.6) is 0 Å². The first-order valence-electron chi connectivity index (χ1n) is 7.95. The van der Waals surface area contributed by atoms with E-state index in [0.29, 0.717) is 37.0 Å². The molecule has 1 aliphatic heterocycles. The van der Waals surface area contributed by atoms with Crippen molar-refractivity contribution in [3.05, 3.63) is 24.2 Å². The van der Waals surface area contributed by atoms with Gasteiger partial charge in [-0.25, -0.2) is 9.97 Å². The summed E-state index contributed by atoms with van der Waals surface area (Å²) in [6, 6.07) is 1.77. The number of likely N-dealkylation sites (tertiary alicyclic amines) is 1. The molecule has 1 aliphatic carbocycles. The molecule has 4 atom stereocenters. The largest absolute Gasteiger partial charge is 0.390 e. The topological polar surface area (TPSA) is 91.5 Å². The maximum absolute atomic E-state index is 12.7. The summed E-state index contributed by atoms with van der Waals surface area (Å²) in [6.07, 6.45) is 3.06. The third-order valence-electron chi connectivity index (χ3n) is 5.19. The van der Waals surface area contributed by atoms with Gasteiger partial charge in [-0.1, -0.05) is 0 Å². The lowest BCUT2D eigenvalue weighted by atomic mass is 9.79. The highest BCUT2D eigenvalue weighted by atomic mass is 16.3. The first kappa shape index (κ1) is 14.6. The van der Waals surface area contributed by atoms with Gasteiger partial charge in [-0.2, -0.15) is 0 Å². The lowest BCUT2D eigenvalue weighted by Crippen LogP contribution is -2.38. The Bertz CT molecular complexity index is 741. The van der Waals surface area contributed by atoms with Gasteiger partial charge in [0.05, 0.1) is 24.1 Å². The van der Waals surface area contributed by atoms with Crippen molar-refractivity contribution >= 4 is 17.1 Å². The molecule has 122 valence electrons. The monoisotopic (exact) mass is 316 g/mol. The number of aromatic nitrogens is 3. The Hall–Kier alpha value is -1.99. The number of nitrogens with zero attached hydrogens (tertiary/aromatic N) is 4. The molecule has 3 heterocycles. The van der Waals surface area contributed by atoms with Crippen LogP contribution >= 0.6 is 0 Å². The zero-order chi connectivity index (χ0) is 16.1. The number of fused-ring (bicyclic) bond motifs is 2. The minimum atomic E-state index is -0.669. The van der Waals surface area contributed by atoms with Crippen molar-refractivity contribution in [3.8, 4) is 0 Å². The SMILES string of the molecule is Cn1cnc2cc(C(=O)N3C[C@H]4C[C@H](O)[C@@H](O)C[C@H]4C3)cnc21. The molecule has 2 fully saturated rings. The van der Waals surface area contributed by atoms with Gasteiger partial charge in [-0.15, -0.1) is 0 Å². The second kappa shape index (κ2) is 5.28. The van der Waals surface area contributed by atoms with Crippen LogP contribution in [0.3, 0.4) is 0 Å². The Labute approximate surface area is 133 Å².